The maximum absolute atomic E-state index is 12.3. The molecule has 0 aliphatic carbocycles. The lowest BCUT2D eigenvalue weighted by atomic mass is 10.1. The summed E-state index contributed by atoms with van der Waals surface area (Å²) in [4.78, 5) is 17.0. The third-order valence-electron chi connectivity index (χ3n) is 4.71. The van der Waals surface area contributed by atoms with Crippen molar-refractivity contribution in [2.75, 3.05) is 27.6 Å². The van der Waals surface area contributed by atoms with Gasteiger partial charge in [0, 0.05) is 17.7 Å². The van der Waals surface area contributed by atoms with Gasteiger partial charge in [0.05, 0.1) is 31.0 Å². The smallest absolute Gasteiger partial charge is 0.349 e. The van der Waals surface area contributed by atoms with Gasteiger partial charge < -0.3 is 28.4 Å². The maximum Gasteiger partial charge on any atom is 0.349 e. The van der Waals surface area contributed by atoms with Crippen LogP contribution < -0.4 is 23.7 Å². The number of thiazole rings is 1. The Morgan fingerprint density at radius 2 is 1.74 bits per heavy atom. The highest BCUT2D eigenvalue weighted by Gasteiger charge is 2.34. The molecule has 0 N–H and O–H groups in total. The zero-order chi connectivity index (χ0) is 22.2. The first-order valence-electron chi connectivity index (χ1n) is 9.69. The topological polar surface area (TPSA) is 85.3 Å². The number of esters is 1. The summed E-state index contributed by atoms with van der Waals surface area (Å²) in [6, 6.07) is 7.40. The van der Waals surface area contributed by atoms with Crippen LogP contribution in [-0.2, 0) is 9.53 Å². The standard InChI is InChI=1S/C22H23NO7S/c1-6-27-21(24)22(2,3)30-19-16(25-4)7-12(8-17(19)26-5)20-23-13-9-14-15(29-11-28-14)10-18(13)31-20/h7-10H,6,11H2,1-5H3. The number of nitrogens with zero attached hydrogens (tertiary/aromatic N) is 1. The molecule has 31 heavy (non-hydrogen) atoms. The van der Waals surface area contributed by atoms with Gasteiger partial charge in [-0.1, -0.05) is 0 Å². The van der Waals surface area contributed by atoms with E-state index in [2.05, 4.69) is 0 Å². The molecule has 0 fully saturated rings. The van der Waals surface area contributed by atoms with Gasteiger partial charge in [-0.05, 0) is 32.9 Å². The van der Waals surface area contributed by atoms with Crippen molar-refractivity contribution in [3.05, 3.63) is 24.3 Å². The van der Waals surface area contributed by atoms with E-state index in [1.165, 1.54) is 25.6 Å². The Kier molecular flexibility index (Phi) is 5.53. The van der Waals surface area contributed by atoms with Crippen LogP contribution in [0.2, 0.25) is 0 Å². The molecule has 1 aliphatic heterocycles. The molecule has 8 nitrogen and oxygen atoms in total. The summed E-state index contributed by atoms with van der Waals surface area (Å²) in [5, 5.41) is 0.770. The number of rotatable bonds is 7. The fraction of sp³-hybridized carbons (Fsp3) is 0.364. The van der Waals surface area contributed by atoms with Crippen LogP contribution in [0.15, 0.2) is 24.3 Å². The van der Waals surface area contributed by atoms with E-state index in [9.17, 15) is 4.79 Å². The summed E-state index contributed by atoms with van der Waals surface area (Å²) in [6.45, 7) is 5.49. The van der Waals surface area contributed by atoms with Gasteiger partial charge in [-0.2, -0.15) is 0 Å². The minimum absolute atomic E-state index is 0.220. The average molecular weight is 445 g/mol. The number of carbonyl (C=O) groups excluding carboxylic acids is 1. The molecular formula is C22H23NO7S. The molecule has 0 atom stereocenters. The molecule has 0 amide bonds. The van der Waals surface area contributed by atoms with Gasteiger partial charge >= 0.3 is 5.97 Å². The average Bonchev–Trinajstić information content (AvgIpc) is 3.37. The van der Waals surface area contributed by atoms with E-state index >= 15 is 0 Å². The molecule has 4 rings (SSSR count). The van der Waals surface area contributed by atoms with Gasteiger partial charge in [0.15, 0.2) is 23.0 Å². The van der Waals surface area contributed by atoms with Crippen molar-refractivity contribution in [2.45, 2.75) is 26.4 Å². The van der Waals surface area contributed by atoms with Crippen LogP contribution in [-0.4, -0.2) is 44.2 Å². The molecule has 164 valence electrons. The second-order valence-corrected chi connectivity index (χ2v) is 8.27. The van der Waals surface area contributed by atoms with Crippen LogP contribution in [0.4, 0.5) is 0 Å². The Hall–Kier alpha value is -3.20. The van der Waals surface area contributed by atoms with Gasteiger partial charge in [-0.25, -0.2) is 9.78 Å². The summed E-state index contributed by atoms with van der Waals surface area (Å²) in [5.41, 5.74) is 0.373. The lowest BCUT2D eigenvalue weighted by Gasteiger charge is -2.26. The van der Waals surface area contributed by atoms with Crippen LogP contribution >= 0.6 is 11.3 Å². The molecule has 0 saturated carbocycles. The molecule has 1 aliphatic rings. The van der Waals surface area contributed by atoms with Crippen LogP contribution in [0.1, 0.15) is 20.8 Å². The SMILES string of the molecule is CCOC(=O)C(C)(C)Oc1c(OC)cc(-c2nc3cc4c(cc3s2)OCO4)cc1OC. The minimum atomic E-state index is -1.23. The molecule has 0 radical (unpaired) electrons. The second-order valence-electron chi connectivity index (χ2n) is 7.23. The summed E-state index contributed by atoms with van der Waals surface area (Å²) in [7, 11) is 3.06. The van der Waals surface area contributed by atoms with Crippen molar-refractivity contribution >= 4 is 27.5 Å². The quantitative estimate of drug-likeness (QED) is 0.494. The van der Waals surface area contributed by atoms with Gasteiger partial charge in [0.2, 0.25) is 18.1 Å². The molecule has 0 unspecified atom stereocenters. The third kappa shape index (κ3) is 3.93. The first-order chi connectivity index (χ1) is 14.9. The number of methoxy groups -OCH3 is 2. The van der Waals surface area contributed by atoms with Crippen molar-refractivity contribution < 1.29 is 33.2 Å². The summed E-state index contributed by atoms with van der Waals surface area (Å²) < 4.78 is 34.1. The van der Waals surface area contributed by atoms with Crippen LogP contribution in [0, 0.1) is 0 Å². The number of benzene rings is 2. The fourth-order valence-corrected chi connectivity index (χ4v) is 4.11. The van der Waals surface area contributed by atoms with Crippen molar-refractivity contribution in [3.8, 4) is 39.3 Å². The third-order valence-corrected chi connectivity index (χ3v) is 5.78. The highest BCUT2D eigenvalue weighted by Crippen LogP contribution is 2.45. The van der Waals surface area contributed by atoms with Crippen LogP contribution in [0.25, 0.3) is 20.8 Å². The van der Waals surface area contributed by atoms with E-state index in [0.29, 0.717) is 28.7 Å². The van der Waals surface area contributed by atoms with Crippen molar-refractivity contribution in [1.29, 1.82) is 0 Å². The van der Waals surface area contributed by atoms with Crippen LogP contribution in [0.3, 0.4) is 0 Å². The van der Waals surface area contributed by atoms with Crippen molar-refractivity contribution in [1.82, 2.24) is 4.98 Å². The molecule has 2 aromatic carbocycles. The summed E-state index contributed by atoms with van der Waals surface area (Å²) in [5.74, 6) is 2.06. The maximum atomic E-state index is 12.3. The molecule has 9 heteroatoms. The molecule has 0 spiro atoms. The molecule has 0 saturated heterocycles. The van der Waals surface area contributed by atoms with E-state index in [-0.39, 0.29) is 13.4 Å². The van der Waals surface area contributed by atoms with Gasteiger partial charge in [0.25, 0.3) is 0 Å². The second kappa shape index (κ2) is 8.14. The van der Waals surface area contributed by atoms with Gasteiger partial charge in [-0.3, -0.25) is 0 Å². The molecule has 2 heterocycles. The predicted molar refractivity (Wildman–Crippen MR) is 116 cm³/mol. The number of carbonyl (C=O) groups is 1. The molecule has 0 bridgehead atoms. The van der Waals surface area contributed by atoms with Gasteiger partial charge in [-0.15, -0.1) is 11.3 Å². The number of aromatic nitrogens is 1. The van der Waals surface area contributed by atoms with Crippen molar-refractivity contribution in [2.24, 2.45) is 0 Å². The number of hydrogen-bond donors (Lipinski definition) is 0. The van der Waals surface area contributed by atoms with E-state index < -0.39 is 11.6 Å². The number of fused-ring (bicyclic) bond motifs is 2. The van der Waals surface area contributed by atoms with E-state index in [1.54, 1.807) is 32.9 Å². The zero-order valence-electron chi connectivity index (χ0n) is 17.9. The Morgan fingerprint density at radius 3 is 2.35 bits per heavy atom. The highest BCUT2D eigenvalue weighted by atomic mass is 32.1. The van der Waals surface area contributed by atoms with E-state index in [1.807, 2.05) is 12.1 Å². The van der Waals surface area contributed by atoms with Crippen molar-refractivity contribution in [3.63, 3.8) is 0 Å². The van der Waals surface area contributed by atoms with Crippen LogP contribution in [0.5, 0.6) is 28.7 Å². The Balaban J connectivity index is 1.74. The first-order valence-corrected chi connectivity index (χ1v) is 10.5. The fourth-order valence-electron chi connectivity index (χ4n) is 3.15. The Morgan fingerprint density at radius 1 is 1.10 bits per heavy atom. The number of hydrogen-bond acceptors (Lipinski definition) is 9. The monoisotopic (exact) mass is 445 g/mol. The zero-order valence-corrected chi connectivity index (χ0v) is 18.8. The Labute approximate surface area is 183 Å². The first kappa shape index (κ1) is 21.0. The van der Waals surface area contributed by atoms with E-state index in [4.69, 9.17) is 33.4 Å². The minimum Gasteiger partial charge on any atom is -0.493 e. The summed E-state index contributed by atoms with van der Waals surface area (Å²) in [6.07, 6.45) is 0. The summed E-state index contributed by atoms with van der Waals surface area (Å²) >= 11 is 1.51. The predicted octanol–water partition coefficient (Wildman–Crippen LogP) is 4.43. The molecular weight excluding hydrogens is 422 g/mol. The molecule has 1 aromatic heterocycles. The Bertz CT molecular complexity index is 1070. The normalized spacial score (nSPS) is 12.7. The number of ether oxygens (including phenoxy) is 6. The molecule has 3 aromatic rings. The van der Waals surface area contributed by atoms with Gasteiger partial charge in [0.1, 0.15) is 5.01 Å². The van der Waals surface area contributed by atoms with E-state index in [0.717, 1.165) is 20.8 Å². The largest absolute Gasteiger partial charge is 0.493 e. The highest BCUT2D eigenvalue weighted by molar-refractivity contribution is 7.21. The lowest BCUT2D eigenvalue weighted by molar-refractivity contribution is -0.158. The lowest BCUT2D eigenvalue weighted by Crippen LogP contribution is -2.39.